The highest BCUT2D eigenvalue weighted by Crippen LogP contribution is 2.57. The fourth-order valence-corrected chi connectivity index (χ4v) is 7.85. The minimum absolute atomic E-state index is 0.362. The second kappa shape index (κ2) is 9.94. The Bertz CT molecular complexity index is 1170. The molecule has 32 heavy (non-hydrogen) atoms. The normalized spacial score (nSPS) is 11.4. The first-order chi connectivity index (χ1) is 15.8. The summed E-state index contributed by atoms with van der Waals surface area (Å²) in [6.45, 7) is 0. The Morgan fingerprint density at radius 3 is 1.41 bits per heavy atom. The molecule has 154 valence electrons. The summed E-state index contributed by atoms with van der Waals surface area (Å²) < 4.78 is 0. The molecule has 0 saturated heterocycles. The molecule has 0 aliphatic rings. The highest BCUT2D eigenvalue weighted by atomic mass is 31.2. The number of amides is 1. The fraction of sp³-hybridized carbons (Fsp3) is 0. The van der Waals surface area contributed by atoms with Gasteiger partial charge in [0.05, 0.1) is 0 Å². The van der Waals surface area contributed by atoms with E-state index < -0.39 is 7.26 Å². The van der Waals surface area contributed by atoms with Crippen molar-refractivity contribution in [1.82, 2.24) is 0 Å². The lowest BCUT2D eigenvalue weighted by Gasteiger charge is -2.26. The van der Waals surface area contributed by atoms with Crippen LogP contribution >= 0.6 is 7.26 Å². The van der Waals surface area contributed by atoms with Crippen LogP contribution in [0.4, 0.5) is 0 Å². The molecule has 0 N–H and O–H groups in total. The van der Waals surface area contributed by atoms with Crippen LogP contribution in [0.3, 0.4) is 0 Å². The summed E-state index contributed by atoms with van der Waals surface area (Å²) in [5.74, 6) is 1.80. The van der Waals surface area contributed by atoms with Gasteiger partial charge in [0.15, 0.2) is 7.26 Å². The smallest absolute Gasteiger partial charge is 0.280 e. The number of rotatable bonds is 6. The fourth-order valence-electron chi connectivity index (χ4n) is 3.81. The topological polar surface area (TPSA) is 51.7 Å². The zero-order valence-corrected chi connectivity index (χ0v) is 18.3. The molecule has 0 fully saturated rings. The van der Waals surface area contributed by atoms with Crippen molar-refractivity contribution in [3.63, 3.8) is 0 Å². The molecule has 1 amide bonds. The SMILES string of the molecule is [N-]=C=CC(=NC(=O)c1ccccc1)[P+](c1ccccc1)(c1ccccc1)c1ccccc1. The average Bonchev–Trinajstić information content (AvgIpc) is 2.87. The summed E-state index contributed by atoms with van der Waals surface area (Å²) in [6, 6.07) is 39.1. The van der Waals surface area contributed by atoms with Crippen LogP contribution in [0, 0.1) is 0 Å². The maximum absolute atomic E-state index is 13.2. The summed E-state index contributed by atoms with van der Waals surface area (Å²) >= 11 is 0. The van der Waals surface area contributed by atoms with E-state index in [1.807, 2.05) is 72.8 Å². The summed E-state index contributed by atoms with van der Waals surface area (Å²) in [6.07, 6.45) is 1.43. The number of hydrogen-bond acceptors (Lipinski definition) is 1. The molecule has 0 aliphatic carbocycles. The third kappa shape index (κ3) is 4.13. The minimum Gasteiger partial charge on any atom is -0.763 e. The van der Waals surface area contributed by atoms with Crippen molar-refractivity contribution in [3.8, 4) is 0 Å². The van der Waals surface area contributed by atoms with E-state index in [0.29, 0.717) is 11.0 Å². The predicted octanol–water partition coefficient (Wildman–Crippen LogP) is 5.01. The van der Waals surface area contributed by atoms with Crippen molar-refractivity contribution in [2.24, 2.45) is 4.99 Å². The number of aliphatic imine (C=N–C) groups is 1. The lowest BCUT2D eigenvalue weighted by atomic mass is 10.2. The van der Waals surface area contributed by atoms with Gasteiger partial charge < -0.3 is 5.41 Å². The Labute approximate surface area is 188 Å². The van der Waals surface area contributed by atoms with Gasteiger partial charge in [0.1, 0.15) is 15.9 Å². The third-order valence-electron chi connectivity index (χ3n) is 5.20. The molecule has 0 bridgehead atoms. The van der Waals surface area contributed by atoms with Crippen molar-refractivity contribution in [3.05, 3.63) is 138 Å². The zero-order valence-electron chi connectivity index (χ0n) is 17.4. The van der Waals surface area contributed by atoms with E-state index >= 15 is 0 Å². The van der Waals surface area contributed by atoms with Crippen LogP contribution in [0.5, 0.6) is 0 Å². The molecule has 0 spiro atoms. The maximum atomic E-state index is 13.2. The van der Waals surface area contributed by atoms with Crippen molar-refractivity contribution >= 4 is 40.4 Å². The molecule has 0 radical (unpaired) electrons. The van der Waals surface area contributed by atoms with Crippen molar-refractivity contribution in [1.29, 1.82) is 0 Å². The summed E-state index contributed by atoms with van der Waals surface area (Å²) in [4.78, 5) is 17.8. The molecule has 4 aromatic rings. The Morgan fingerprint density at radius 1 is 0.656 bits per heavy atom. The van der Waals surface area contributed by atoms with Crippen molar-refractivity contribution < 1.29 is 4.79 Å². The van der Waals surface area contributed by atoms with Gasteiger partial charge in [-0.05, 0) is 48.5 Å². The van der Waals surface area contributed by atoms with Crippen molar-refractivity contribution in [2.45, 2.75) is 0 Å². The van der Waals surface area contributed by atoms with Gasteiger partial charge >= 0.3 is 0 Å². The summed E-state index contributed by atoms with van der Waals surface area (Å²) in [5.41, 5.74) is 0.973. The molecule has 0 saturated carbocycles. The molecule has 0 unspecified atom stereocenters. The largest absolute Gasteiger partial charge is 0.763 e. The van der Waals surface area contributed by atoms with Gasteiger partial charge in [0, 0.05) is 11.6 Å². The lowest BCUT2D eigenvalue weighted by Crippen LogP contribution is -2.36. The van der Waals surface area contributed by atoms with Gasteiger partial charge in [-0.15, -0.1) is 0 Å². The van der Waals surface area contributed by atoms with Crippen LogP contribution in [0.15, 0.2) is 132 Å². The number of carbonyl (C=O) groups excluding carboxylic acids is 1. The Kier molecular flexibility index (Phi) is 6.63. The molecule has 0 heterocycles. The van der Waals surface area contributed by atoms with Crippen LogP contribution in [0.1, 0.15) is 10.4 Å². The molecule has 4 rings (SSSR count). The van der Waals surface area contributed by atoms with E-state index in [1.165, 1.54) is 6.08 Å². The number of carbonyl (C=O) groups is 1. The molecule has 4 aromatic carbocycles. The van der Waals surface area contributed by atoms with Gasteiger partial charge in [0.2, 0.25) is 5.45 Å². The first-order valence-corrected chi connectivity index (χ1v) is 12.0. The monoisotopic (exact) mass is 432 g/mol. The minimum atomic E-state index is -2.60. The van der Waals surface area contributed by atoms with Crippen LogP contribution in [0.25, 0.3) is 5.41 Å². The van der Waals surface area contributed by atoms with E-state index in [9.17, 15) is 10.2 Å². The summed E-state index contributed by atoms with van der Waals surface area (Å²) in [7, 11) is -2.60. The van der Waals surface area contributed by atoms with E-state index in [-0.39, 0.29) is 5.91 Å². The number of benzene rings is 4. The molecular weight excluding hydrogens is 411 g/mol. The quantitative estimate of drug-likeness (QED) is 0.312. The molecule has 0 aliphatic heterocycles. The Morgan fingerprint density at radius 2 is 1.03 bits per heavy atom. The number of nitrogens with zero attached hydrogens (tertiary/aromatic N) is 2. The first kappa shape index (κ1) is 21.3. The van der Waals surface area contributed by atoms with E-state index in [1.54, 1.807) is 12.1 Å². The number of hydrogen-bond donors (Lipinski definition) is 0. The second-order valence-corrected chi connectivity index (χ2v) is 10.4. The van der Waals surface area contributed by atoms with Gasteiger partial charge in [-0.25, -0.2) is 0 Å². The van der Waals surface area contributed by atoms with Crippen molar-refractivity contribution in [2.75, 3.05) is 0 Å². The van der Waals surface area contributed by atoms with E-state index in [4.69, 9.17) is 0 Å². The van der Waals surface area contributed by atoms with E-state index in [2.05, 4.69) is 47.3 Å². The van der Waals surface area contributed by atoms with Gasteiger partial charge in [-0.1, -0.05) is 72.8 Å². The first-order valence-electron chi connectivity index (χ1n) is 10.2. The molecule has 3 nitrogen and oxygen atoms in total. The molecule has 4 heteroatoms. The summed E-state index contributed by atoms with van der Waals surface area (Å²) in [5, 5.41) is 12.8. The molecule has 0 atom stereocenters. The van der Waals surface area contributed by atoms with Crippen LogP contribution in [-0.4, -0.2) is 17.2 Å². The van der Waals surface area contributed by atoms with Crippen LogP contribution in [-0.2, 0) is 0 Å². The highest BCUT2D eigenvalue weighted by Gasteiger charge is 2.50. The van der Waals surface area contributed by atoms with E-state index in [0.717, 1.165) is 15.9 Å². The average molecular weight is 432 g/mol. The highest BCUT2D eigenvalue weighted by molar-refractivity contribution is 8.09. The van der Waals surface area contributed by atoms with Gasteiger partial charge in [0.25, 0.3) is 5.91 Å². The molecule has 0 aromatic heterocycles. The van der Waals surface area contributed by atoms with Gasteiger partial charge in [-0.2, -0.15) is 4.99 Å². The molecular formula is C28H21N2OP. The third-order valence-corrected chi connectivity index (χ3v) is 9.34. The number of allylic oxidation sites excluding steroid dienone is 1. The van der Waals surface area contributed by atoms with Crippen LogP contribution in [0.2, 0.25) is 0 Å². The van der Waals surface area contributed by atoms with Crippen LogP contribution < -0.4 is 15.9 Å². The standard InChI is InChI=1S/C28H21N2OP/c29-22-21-27(30-28(31)23-13-5-1-6-14-23)32(24-15-7-2-8-16-24,25-17-9-3-10-18-25)26-19-11-4-12-20-26/h1-21H. The Hall–Kier alpha value is -3.90. The zero-order chi connectivity index (χ0) is 22.2. The lowest BCUT2D eigenvalue weighted by molar-refractivity contribution is 0.100. The maximum Gasteiger partial charge on any atom is 0.280 e. The Balaban J connectivity index is 2.09. The van der Waals surface area contributed by atoms with Gasteiger partial charge in [-0.3, -0.25) is 10.7 Å². The second-order valence-electron chi connectivity index (χ2n) is 7.09. The predicted molar refractivity (Wildman–Crippen MR) is 136 cm³/mol.